The number of benzene rings is 1. The normalized spacial score (nSPS) is 16.0. The maximum absolute atomic E-state index is 13.6. The van der Waals surface area contributed by atoms with E-state index in [1.54, 1.807) is 0 Å². The van der Waals surface area contributed by atoms with Crippen molar-refractivity contribution < 1.29 is 31.6 Å². The quantitative estimate of drug-likeness (QED) is 0.442. The number of anilines is 1. The molecule has 196 valence electrons. The number of ether oxygens (including phenoxy) is 2. The van der Waals surface area contributed by atoms with Crippen LogP contribution in [0, 0.1) is 11.7 Å². The number of rotatable bonds is 7. The van der Waals surface area contributed by atoms with Crippen LogP contribution in [0.2, 0.25) is 0 Å². The zero-order valence-corrected chi connectivity index (χ0v) is 21.1. The molecule has 2 aromatic heterocycles. The highest BCUT2D eigenvalue weighted by molar-refractivity contribution is 7.91. The molecule has 1 saturated carbocycles. The Bertz CT molecular complexity index is 1490. The van der Waals surface area contributed by atoms with Gasteiger partial charge in [-0.05, 0) is 43.5 Å². The lowest BCUT2D eigenvalue weighted by atomic mass is 10.1. The van der Waals surface area contributed by atoms with E-state index in [4.69, 9.17) is 14.3 Å². The van der Waals surface area contributed by atoms with Crippen molar-refractivity contribution in [3.8, 4) is 17.6 Å². The first kappa shape index (κ1) is 26.3. The van der Waals surface area contributed by atoms with E-state index in [1.807, 2.05) is 6.92 Å². The van der Waals surface area contributed by atoms with Crippen molar-refractivity contribution in [2.24, 2.45) is 0 Å². The minimum Gasteiger partial charge on any atom is -0.477 e. The lowest BCUT2D eigenvalue weighted by Gasteiger charge is -2.17. The molecule has 0 spiro atoms. The van der Waals surface area contributed by atoms with Crippen LogP contribution in [0.15, 0.2) is 35.4 Å². The van der Waals surface area contributed by atoms with Crippen molar-refractivity contribution in [3.05, 3.63) is 53.0 Å². The third-order valence-electron chi connectivity index (χ3n) is 5.94. The minimum absolute atomic E-state index is 0.0304. The summed E-state index contributed by atoms with van der Waals surface area (Å²) in [7, 11) is -1.77. The second-order valence-corrected chi connectivity index (χ2v) is 11.1. The number of amides is 1. The fraction of sp³-hybridized carbons (Fsp3) is 0.348. The van der Waals surface area contributed by atoms with Crippen LogP contribution in [-0.4, -0.2) is 43.6 Å². The Morgan fingerprint density at radius 3 is 2.49 bits per heavy atom. The van der Waals surface area contributed by atoms with Crippen LogP contribution < -0.4 is 14.8 Å². The maximum atomic E-state index is 13.6. The molecule has 37 heavy (non-hydrogen) atoms. The van der Waals surface area contributed by atoms with E-state index in [1.165, 1.54) is 43.8 Å². The van der Waals surface area contributed by atoms with Crippen LogP contribution in [0.4, 0.5) is 18.9 Å². The second kappa shape index (κ2) is 9.25. The van der Waals surface area contributed by atoms with Crippen molar-refractivity contribution >= 4 is 21.3 Å². The Hall–Kier alpha value is -3.81. The summed E-state index contributed by atoms with van der Waals surface area (Å²) < 4.78 is 71.4. The molecule has 1 atom stereocenters. The van der Waals surface area contributed by atoms with E-state index < -0.39 is 44.5 Å². The summed E-state index contributed by atoms with van der Waals surface area (Å²) in [5.74, 6) is -1.78. The molecule has 3 aromatic rings. The molecule has 2 N–H and O–H groups in total. The van der Waals surface area contributed by atoms with Crippen LogP contribution in [0.5, 0.6) is 17.6 Å². The van der Waals surface area contributed by atoms with Gasteiger partial charge in [0.25, 0.3) is 23.5 Å². The summed E-state index contributed by atoms with van der Waals surface area (Å²) in [6, 6.07) is 5.64. The zero-order valence-electron chi connectivity index (χ0n) is 20.3. The van der Waals surface area contributed by atoms with Gasteiger partial charge in [0.15, 0.2) is 5.69 Å². The lowest BCUT2D eigenvalue weighted by molar-refractivity contribution is -0.142. The molecule has 1 fully saturated rings. The number of carbonyl (C=O) groups excluding carboxylic acids is 1. The summed E-state index contributed by atoms with van der Waals surface area (Å²) in [5, 5.41) is 9.21. The Kier molecular flexibility index (Phi) is 6.56. The number of nitrogens with zero attached hydrogens (tertiary/aromatic N) is 4. The van der Waals surface area contributed by atoms with E-state index in [0.717, 1.165) is 19.8 Å². The number of methoxy groups -OCH3 is 1. The molecule has 1 unspecified atom stereocenters. The third kappa shape index (κ3) is 5.48. The van der Waals surface area contributed by atoms with Crippen molar-refractivity contribution in [2.75, 3.05) is 18.7 Å². The molecule has 1 aromatic carbocycles. The summed E-state index contributed by atoms with van der Waals surface area (Å²) >= 11 is 0. The molecule has 0 saturated heterocycles. The maximum Gasteiger partial charge on any atom is 0.435 e. The van der Waals surface area contributed by atoms with Gasteiger partial charge in [0.2, 0.25) is 0 Å². The fourth-order valence-electron chi connectivity index (χ4n) is 3.51. The molecule has 4 rings (SSSR count). The number of alkyl halides is 3. The molecule has 14 heteroatoms. The topological polar surface area (TPSA) is 140 Å². The average molecular weight is 537 g/mol. The Morgan fingerprint density at radius 2 is 1.89 bits per heavy atom. The Morgan fingerprint density at radius 1 is 1.19 bits per heavy atom. The summed E-state index contributed by atoms with van der Waals surface area (Å²) in [6.45, 7) is 3.08. The molecule has 10 nitrogen and oxygen atoms in total. The minimum atomic E-state index is -4.89. The predicted octanol–water partition coefficient (Wildman–Crippen LogP) is 4.73. The number of aromatic nitrogens is 4. The summed E-state index contributed by atoms with van der Waals surface area (Å²) in [6.07, 6.45) is -0.359. The highest BCUT2D eigenvalue weighted by Gasteiger charge is 2.42. The van der Waals surface area contributed by atoms with E-state index in [-0.39, 0.29) is 27.8 Å². The molecule has 1 amide bonds. The fourth-order valence-corrected chi connectivity index (χ4v) is 4.20. The molecular weight excluding hydrogens is 513 g/mol. The largest absolute Gasteiger partial charge is 0.477 e. The van der Waals surface area contributed by atoms with Gasteiger partial charge < -0.3 is 14.8 Å². The van der Waals surface area contributed by atoms with Crippen LogP contribution >= 0.6 is 0 Å². The van der Waals surface area contributed by atoms with E-state index in [0.29, 0.717) is 5.69 Å². The molecular formula is C23H23F3N6O4S. The van der Waals surface area contributed by atoms with Gasteiger partial charge in [-0.15, -0.1) is 10.2 Å². The van der Waals surface area contributed by atoms with E-state index in [9.17, 15) is 22.2 Å². The van der Waals surface area contributed by atoms with Crippen LogP contribution in [0.3, 0.4) is 0 Å². The highest BCUT2D eigenvalue weighted by Crippen LogP contribution is 2.47. The molecule has 0 radical (unpaired) electrons. The number of carbonyl (C=O) groups is 1. The van der Waals surface area contributed by atoms with E-state index in [2.05, 4.69) is 25.5 Å². The van der Waals surface area contributed by atoms with Crippen molar-refractivity contribution in [1.82, 2.24) is 20.2 Å². The van der Waals surface area contributed by atoms with Crippen LogP contribution in [0.1, 0.15) is 47.1 Å². The predicted molar refractivity (Wildman–Crippen MR) is 126 cm³/mol. The van der Waals surface area contributed by atoms with Gasteiger partial charge in [-0.25, -0.2) is 19.0 Å². The van der Waals surface area contributed by atoms with Gasteiger partial charge in [-0.1, -0.05) is 13.0 Å². The van der Waals surface area contributed by atoms with Gasteiger partial charge in [-0.3, -0.25) is 4.79 Å². The van der Waals surface area contributed by atoms with E-state index >= 15 is 0 Å². The summed E-state index contributed by atoms with van der Waals surface area (Å²) in [4.78, 5) is 21.9. The second-order valence-electron chi connectivity index (χ2n) is 8.91. The number of hydrogen-bond acceptors (Lipinski definition) is 9. The van der Waals surface area contributed by atoms with Gasteiger partial charge in [-0.2, -0.15) is 13.2 Å². The zero-order chi connectivity index (χ0) is 27.2. The Balaban J connectivity index is 1.75. The van der Waals surface area contributed by atoms with Crippen molar-refractivity contribution in [3.63, 3.8) is 0 Å². The lowest BCUT2D eigenvalue weighted by Crippen LogP contribution is -2.21. The van der Waals surface area contributed by atoms with Crippen molar-refractivity contribution in [1.29, 1.82) is 4.78 Å². The SMILES string of the molecule is COc1nc(C2(C)CC2)cnc1Oc1nnc(C(F)(F)F)c(C)c1C(=O)Nc1cccc(S(C)(=N)=O)c1. The number of hydrogen-bond donors (Lipinski definition) is 2. The number of halogens is 3. The first-order valence-electron chi connectivity index (χ1n) is 10.9. The summed E-state index contributed by atoms with van der Waals surface area (Å²) in [5.41, 5.74) is -1.79. The Labute approximate surface area is 210 Å². The van der Waals surface area contributed by atoms with Gasteiger partial charge in [0.1, 0.15) is 5.56 Å². The van der Waals surface area contributed by atoms with Crippen LogP contribution in [0.25, 0.3) is 0 Å². The first-order chi connectivity index (χ1) is 17.2. The third-order valence-corrected chi connectivity index (χ3v) is 7.09. The first-order valence-corrected chi connectivity index (χ1v) is 12.9. The van der Waals surface area contributed by atoms with Gasteiger partial charge in [0, 0.05) is 22.3 Å². The molecule has 2 heterocycles. The molecule has 1 aliphatic carbocycles. The monoisotopic (exact) mass is 536 g/mol. The molecule has 1 aliphatic rings. The highest BCUT2D eigenvalue weighted by atomic mass is 32.2. The van der Waals surface area contributed by atoms with Crippen molar-refractivity contribution in [2.45, 2.75) is 43.2 Å². The smallest absolute Gasteiger partial charge is 0.435 e. The molecule has 0 bridgehead atoms. The average Bonchev–Trinajstić information content (AvgIpc) is 3.56. The molecule has 0 aliphatic heterocycles. The van der Waals surface area contributed by atoms with Gasteiger partial charge in [0.05, 0.1) is 28.7 Å². The van der Waals surface area contributed by atoms with Gasteiger partial charge >= 0.3 is 6.18 Å². The van der Waals surface area contributed by atoms with Crippen LogP contribution in [-0.2, 0) is 21.3 Å². The standard InChI is InChI=1S/C23H23F3N6O4S/c1-12-16(18(33)29-13-6-5-7-14(10-13)37(4,27)34)19(32-31-17(12)23(24,25)26)36-20-21(35-3)30-15(11-28-20)22(2)8-9-22/h5-7,10-11,27H,8-9H2,1-4H3,(H,29,33). The number of nitrogens with one attached hydrogen (secondary N) is 2.